The number of aryl methyl sites for hydroxylation is 1. The molecule has 1 aromatic carbocycles. The van der Waals surface area contributed by atoms with Crippen LogP contribution in [0.1, 0.15) is 56.1 Å². The van der Waals surface area contributed by atoms with Gasteiger partial charge in [0.2, 0.25) is 6.29 Å². The fourth-order valence-electron chi connectivity index (χ4n) is 6.93. The van der Waals surface area contributed by atoms with Gasteiger partial charge in [-0.25, -0.2) is 10.3 Å². The third kappa shape index (κ3) is 4.63. The van der Waals surface area contributed by atoms with Gasteiger partial charge in [0.1, 0.15) is 29.8 Å². The van der Waals surface area contributed by atoms with Crippen molar-refractivity contribution in [3.8, 4) is 5.75 Å². The summed E-state index contributed by atoms with van der Waals surface area (Å²) < 4.78 is 11.3. The Labute approximate surface area is 213 Å². The average molecular weight is 521 g/mol. The maximum absolute atomic E-state index is 12.6. The molecule has 0 spiro atoms. The maximum atomic E-state index is 12.6. The molecule has 0 bridgehead atoms. The summed E-state index contributed by atoms with van der Waals surface area (Å²) in [7, 11) is 0. The number of benzene rings is 1. The molecular formula is C26H33NO10. The summed E-state index contributed by atoms with van der Waals surface area (Å²) in [5.74, 6) is -0.281. The minimum atomic E-state index is -1.79. The van der Waals surface area contributed by atoms with Crippen molar-refractivity contribution in [1.82, 2.24) is 5.48 Å². The number of carboxylic acid groups (broad SMARTS) is 1. The van der Waals surface area contributed by atoms with E-state index in [-0.39, 0.29) is 5.41 Å². The molecule has 37 heavy (non-hydrogen) atoms. The first-order valence-corrected chi connectivity index (χ1v) is 12.8. The Bertz CT molecular complexity index is 1080. The fraction of sp³-hybridized carbons (Fsp3) is 0.654. The number of carbonyl (C=O) groups is 3. The van der Waals surface area contributed by atoms with Crippen molar-refractivity contribution in [3.63, 3.8) is 0 Å². The van der Waals surface area contributed by atoms with Gasteiger partial charge in [-0.05, 0) is 73.1 Å². The molecule has 4 aliphatic rings. The van der Waals surface area contributed by atoms with E-state index in [9.17, 15) is 29.7 Å². The number of hydrogen-bond donors (Lipinski definition) is 5. The molecule has 9 atom stereocenters. The summed E-state index contributed by atoms with van der Waals surface area (Å²) in [4.78, 5) is 40.0. The SMILES string of the molecule is C[C@]12CC[C@@H]3c4ccc([17O]C5O[C@H](C(=O)NOCC(=O)O)[C@@H](O)[C@H](O)[C@H]5O)cc4CC[C@H]3[C@@H]1CCC2=O. The number of amides is 1. The molecule has 1 amide bonds. The number of aliphatic carboxylic acids is 1. The molecule has 2 saturated carbocycles. The number of carboxylic acids is 1. The number of nitrogens with one attached hydrogen (secondary N) is 1. The molecule has 3 aliphatic carbocycles. The van der Waals surface area contributed by atoms with Crippen molar-refractivity contribution < 1.29 is 49.1 Å². The van der Waals surface area contributed by atoms with E-state index in [1.54, 1.807) is 6.07 Å². The molecule has 1 aromatic rings. The molecule has 11 heteroatoms. The number of hydrogen-bond acceptors (Lipinski definition) is 9. The van der Waals surface area contributed by atoms with Gasteiger partial charge in [0, 0.05) is 11.8 Å². The number of ketones is 1. The smallest absolute Gasteiger partial charge is 0.332 e. The van der Waals surface area contributed by atoms with Crippen LogP contribution < -0.4 is 10.2 Å². The lowest BCUT2D eigenvalue weighted by Crippen LogP contribution is -2.62. The van der Waals surface area contributed by atoms with Gasteiger partial charge >= 0.3 is 5.97 Å². The van der Waals surface area contributed by atoms with Gasteiger partial charge < -0.3 is 29.9 Å². The summed E-state index contributed by atoms with van der Waals surface area (Å²) in [6.07, 6.45) is -2.99. The van der Waals surface area contributed by atoms with Crippen LogP contribution in [0.2, 0.25) is 0 Å². The van der Waals surface area contributed by atoms with E-state index >= 15 is 0 Å². The first-order chi connectivity index (χ1) is 17.6. The van der Waals surface area contributed by atoms with Crippen LogP contribution in [0.25, 0.3) is 0 Å². The van der Waals surface area contributed by atoms with Crippen molar-refractivity contribution in [1.29, 1.82) is 0 Å². The van der Waals surface area contributed by atoms with Crippen molar-refractivity contribution in [2.75, 3.05) is 6.61 Å². The molecule has 5 N–H and O–H groups in total. The Morgan fingerprint density at radius 3 is 2.68 bits per heavy atom. The summed E-state index contributed by atoms with van der Waals surface area (Å²) in [5, 5.41) is 39.5. The van der Waals surface area contributed by atoms with Gasteiger partial charge in [-0.3, -0.25) is 14.4 Å². The molecule has 202 valence electrons. The van der Waals surface area contributed by atoms with Gasteiger partial charge in [-0.15, -0.1) is 0 Å². The van der Waals surface area contributed by atoms with Gasteiger partial charge in [0.05, 0.1) is 0 Å². The largest absolute Gasteiger partial charge is 0.479 e. The number of carbonyl (C=O) groups excluding carboxylic acids is 2. The van der Waals surface area contributed by atoms with E-state index in [0.717, 1.165) is 37.7 Å². The van der Waals surface area contributed by atoms with Crippen LogP contribution in [0.15, 0.2) is 18.2 Å². The summed E-state index contributed by atoms with van der Waals surface area (Å²) in [6, 6.07) is 5.64. The van der Waals surface area contributed by atoms with E-state index < -0.39 is 49.2 Å². The monoisotopic (exact) mass is 520 g/mol. The van der Waals surface area contributed by atoms with Gasteiger partial charge in [0.25, 0.3) is 5.91 Å². The number of rotatable bonds is 6. The van der Waals surface area contributed by atoms with Crippen LogP contribution in [0.4, 0.5) is 0 Å². The highest BCUT2D eigenvalue weighted by Gasteiger charge is 2.54. The quantitative estimate of drug-likeness (QED) is 0.331. The highest BCUT2D eigenvalue weighted by molar-refractivity contribution is 5.87. The second-order valence-electron chi connectivity index (χ2n) is 10.9. The summed E-state index contributed by atoms with van der Waals surface area (Å²) >= 11 is 0. The molecule has 1 unspecified atom stereocenters. The van der Waals surface area contributed by atoms with Crippen LogP contribution in [-0.2, 0) is 30.4 Å². The number of Topliss-reactive ketones (excluding diaryl/α,β-unsaturated/α-hetero) is 1. The number of aliphatic hydroxyl groups excluding tert-OH is 3. The maximum Gasteiger partial charge on any atom is 0.332 e. The summed E-state index contributed by atoms with van der Waals surface area (Å²) in [5.41, 5.74) is 4.02. The Morgan fingerprint density at radius 2 is 1.92 bits per heavy atom. The first-order valence-electron chi connectivity index (χ1n) is 12.8. The lowest BCUT2D eigenvalue weighted by atomic mass is 9.55. The molecule has 11 nitrogen and oxygen atoms in total. The molecule has 1 heterocycles. The average Bonchev–Trinajstić information content (AvgIpc) is 3.18. The molecule has 1 aliphatic heterocycles. The van der Waals surface area contributed by atoms with E-state index in [1.807, 2.05) is 17.6 Å². The zero-order valence-corrected chi connectivity index (χ0v) is 20.5. The predicted octanol–water partition coefficient (Wildman–Crippen LogP) is 0.431. The second-order valence-corrected chi connectivity index (χ2v) is 10.9. The molecule has 3 fully saturated rings. The zero-order chi connectivity index (χ0) is 26.5. The molecule has 0 radical (unpaired) electrons. The van der Waals surface area contributed by atoms with E-state index in [0.29, 0.717) is 35.7 Å². The Balaban J connectivity index is 1.28. The normalized spacial score (nSPS) is 38.8. The van der Waals surface area contributed by atoms with Crippen LogP contribution in [-0.4, -0.2) is 75.4 Å². The van der Waals surface area contributed by atoms with E-state index in [4.69, 9.17) is 14.6 Å². The van der Waals surface area contributed by atoms with Crippen molar-refractivity contribution in [3.05, 3.63) is 29.3 Å². The molecule has 5 rings (SSSR count). The van der Waals surface area contributed by atoms with Crippen molar-refractivity contribution in [2.45, 2.75) is 82.1 Å². The summed E-state index contributed by atoms with van der Waals surface area (Å²) in [6.45, 7) is 1.33. The van der Waals surface area contributed by atoms with Gasteiger partial charge in [0.15, 0.2) is 12.7 Å². The minimum absolute atomic E-state index is 0.191. The first kappa shape index (κ1) is 26.1. The van der Waals surface area contributed by atoms with Crippen LogP contribution in [0.3, 0.4) is 0 Å². The Morgan fingerprint density at radius 1 is 1.14 bits per heavy atom. The van der Waals surface area contributed by atoms with Crippen molar-refractivity contribution >= 4 is 17.7 Å². The lowest BCUT2D eigenvalue weighted by molar-refractivity contribution is -0.268. The fourth-order valence-corrected chi connectivity index (χ4v) is 6.93. The van der Waals surface area contributed by atoms with Gasteiger partial charge in [-0.1, -0.05) is 13.0 Å². The third-order valence-corrected chi connectivity index (χ3v) is 8.86. The zero-order valence-electron chi connectivity index (χ0n) is 20.5. The van der Waals surface area contributed by atoms with Crippen LogP contribution in [0, 0.1) is 17.3 Å². The number of aliphatic hydroxyl groups is 3. The highest BCUT2D eigenvalue weighted by Crippen LogP contribution is 2.59. The predicted molar refractivity (Wildman–Crippen MR) is 125 cm³/mol. The standard InChI is InChI=1S/C26H33NO10/c1-26-9-8-15-14-5-3-13(10-12(14)2-4-16(15)17(26)6-7-18(26)28)36-25-22(33)20(31)21(32)23(37-25)24(34)27-35-11-19(29)30/h3,5,10,15-17,20-23,25,31-33H,2,4,6-9,11H2,1H3,(H,27,34)(H,29,30)/t15-,16-,17+,20+,21+,22-,23+,25?,26+/m1/s1/i36+1. The Hall–Kier alpha value is -2.57. The van der Waals surface area contributed by atoms with Crippen LogP contribution >= 0.6 is 0 Å². The topological polar surface area (TPSA) is 172 Å². The van der Waals surface area contributed by atoms with Crippen molar-refractivity contribution in [2.24, 2.45) is 17.3 Å². The number of hydroxylamine groups is 1. The third-order valence-electron chi connectivity index (χ3n) is 8.86. The minimum Gasteiger partial charge on any atom is -0.479 e. The van der Waals surface area contributed by atoms with Crippen LogP contribution in [0.5, 0.6) is 5.75 Å². The number of fused-ring (bicyclic) bond motifs is 5. The highest BCUT2D eigenvalue weighted by atomic mass is 17.4. The molecular weight excluding hydrogens is 487 g/mol. The second kappa shape index (κ2) is 9.95. The van der Waals surface area contributed by atoms with Gasteiger partial charge in [-0.2, -0.15) is 0 Å². The molecule has 1 saturated heterocycles. The van der Waals surface area contributed by atoms with E-state index in [2.05, 4.69) is 11.8 Å². The number of ether oxygens (including phenoxy) is 2. The lowest BCUT2D eigenvalue weighted by Gasteiger charge is -2.48. The Kier molecular flexibility index (Phi) is 7.01. The molecule has 0 aromatic heterocycles. The van der Waals surface area contributed by atoms with E-state index in [1.165, 1.54) is 5.56 Å².